The Labute approximate surface area is 179 Å². The van der Waals surface area contributed by atoms with E-state index in [2.05, 4.69) is 20.1 Å². The van der Waals surface area contributed by atoms with Crippen molar-refractivity contribution in [3.05, 3.63) is 36.4 Å². The second kappa shape index (κ2) is 7.52. The Balaban J connectivity index is 1.34. The molecule has 3 aromatic heterocycles. The smallest absolute Gasteiger partial charge is 0.370 e. The van der Waals surface area contributed by atoms with Crippen LogP contribution >= 0.6 is 0 Å². The zero-order valence-corrected chi connectivity index (χ0v) is 16.9. The molecule has 170 valence electrons. The molecule has 0 bridgehead atoms. The Kier molecular flexibility index (Phi) is 4.90. The molecule has 32 heavy (non-hydrogen) atoms. The molecule has 2 aliphatic heterocycles. The number of aromatic nitrogens is 5. The summed E-state index contributed by atoms with van der Waals surface area (Å²) in [4.78, 5) is 16.2. The second-order valence-corrected chi connectivity index (χ2v) is 8.43. The van der Waals surface area contributed by atoms with Crippen molar-refractivity contribution in [2.75, 3.05) is 36.0 Å². The molecule has 0 amide bonds. The minimum Gasteiger partial charge on any atom is -0.370 e. The molecular formula is C20H20F5N7. The molecule has 0 aliphatic carbocycles. The number of hydrogen-bond acceptors (Lipinski definition) is 6. The van der Waals surface area contributed by atoms with Crippen molar-refractivity contribution in [3.8, 4) is 0 Å². The summed E-state index contributed by atoms with van der Waals surface area (Å²) in [6, 6.07) is 1.42. The van der Waals surface area contributed by atoms with Crippen molar-refractivity contribution in [1.29, 1.82) is 0 Å². The molecule has 7 nitrogen and oxygen atoms in total. The Morgan fingerprint density at radius 2 is 1.84 bits per heavy atom. The molecule has 0 saturated carbocycles. The minimum absolute atomic E-state index is 0.155. The summed E-state index contributed by atoms with van der Waals surface area (Å²) in [6.07, 6.45) is -0.119. The lowest BCUT2D eigenvalue weighted by Gasteiger charge is -2.55. The van der Waals surface area contributed by atoms with Crippen LogP contribution < -0.4 is 9.80 Å². The van der Waals surface area contributed by atoms with Gasteiger partial charge in [-0.25, -0.2) is 23.4 Å². The fourth-order valence-electron chi connectivity index (χ4n) is 4.73. The fourth-order valence-corrected chi connectivity index (χ4v) is 4.73. The standard InChI is InChI=1S/C20H20F5N7/c21-16(22)9-32-18-14(7-28-32)27-8-17(29-18)31-11-19(12-31)3-1-5-30(10-19)15-2-4-26-6-13(15)20(23,24)25/h2,4,6-8,16H,1,3,5,9-12H2. The summed E-state index contributed by atoms with van der Waals surface area (Å²) in [7, 11) is 0. The normalized spacial score (nSPS) is 18.6. The zero-order chi connectivity index (χ0) is 22.5. The highest BCUT2D eigenvalue weighted by Gasteiger charge is 2.47. The molecule has 0 radical (unpaired) electrons. The maximum atomic E-state index is 13.4. The van der Waals surface area contributed by atoms with Crippen LogP contribution in [0.15, 0.2) is 30.9 Å². The number of piperidine rings is 1. The number of fused-ring (bicyclic) bond motifs is 1. The van der Waals surface area contributed by atoms with E-state index >= 15 is 0 Å². The highest BCUT2D eigenvalue weighted by atomic mass is 19.4. The first kappa shape index (κ1) is 20.8. The van der Waals surface area contributed by atoms with Gasteiger partial charge in [-0.3, -0.25) is 4.98 Å². The molecule has 2 saturated heterocycles. The first-order valence-corrected chi connectivity index (χ1v) is 10.2. The maximum Gasteiger partial charge on any atom is 0.419 e. The molecule has 0 N–H and O–H groups in total. The zero-order valence-electron chi connectivity index (χ0n) is 16.9. The summed E-state index contributed by atoms with van der Waals surface area (Å²) in [5, 5.41) is 3.92. The Morgan fingerprint density at radius 3 is 2.59 bits per heavy atom. The van der Waals surface area contributed by atoms with Gasteiger partial charge in [0, 0.05) is 44.0 Å². The predicted octanol–water partition coefficient (Wildman–Crippen LogP) is 3.61. The molecule has 0 aromatic carbocycles. The summed E-state index contributed by atoms with van der Waals surface area (Å²) >= 11 is 0. The van der Waals surface area contributed by atoms with Crippen LogP contribution in [0.5, 0.6) is 0 Å². The van der Waals surface area contributed by atoms with E-state index in [0.717, 1.165) is 23.7 Å². The lowest BCUT2D eigenvalue weighted by Crippen LogP contribution is -2.63. The number of rotatable bonds is 4. The summed E-state index contributed by atoms with van der Waals surface area (Å²) in [6.45, 7) is 1.70. The molecule has 5 heterocycles. The van der Waals surface area contributed by atoms with Gasteiger partial charge >= 0.3 is 6.18 Å². The van der Waals surface area contributed by atoms with Crippen LogP contribution in [-0.4, -0.2) is 57.3 Å². The highest BCUT2D eigenvalue weighted by molar-refractivity contribution is 5.71. The average molecular weight is 453 g/mol. The lowest BCUT2D eigenvalue weighted by molar-refractivity contribution is -0.137. The van der Waals surface area contributed by atoms with Gasteiger partial charge in [0.15, 0.2) is 5.65 Å². The van der Waals surface area contributed by atoms with Gasteiger partial charge in [-0.1, -0.05) is 0 Å². The third-order valence-corrected chi connectivity index (χ3v) is 6.13. The van der Waals surface area contributed by atoms with Crippen molar-refractivity contribution in [2.45, 2.75) is 32.0 Å². The molecule has 2 aliphatic rings. The Bertz CT molecular complexity index is 1120. The van der Waals surface area contributed by atoms with E-state index in [4.69, 9.17) is 0 Å². The van der Waals surface area contributed by atoms with Crippen molar-refractivity contribution >= 4 is 22.7 Å². The van der Waals surface area contributed by atoms with Crippen LogP contribution in [0.1, 0.15) is 18.4 Å². The van der Waals surface area contributed by atoms with Gasteiger partial charge in [0.1, 0.15) is 17.9 Å². The first-order chi connectivity index (χ1) is 15.2. The quantitative estimate of drug-likeness (QED) is 0.563. The van der Waals surface area contributed by atoms with E-state index in [1.54, 1.807) is 11.1 Å². The third-order valence-electron chi connectivity index (χ3n) is 6.13. The number of alkyl halides is 5. The largest absolute Gasteiger partial charge is 0.419 e. The SMILES string of the molecule is FC(F)Cn1ncc2ncc(N3CC4(CCCN(c5ccncc5C(F)(F)F)C4)C3)nc21. The van der Waals surface area contributed by atoms with Gasteiger partial charge in [-0.15, -0.1) is 0 Å². The van der Waals surface area contributed by atoms with Crippen molar-refractivity contribution in [3.63, 3.8) is 0 Å². The Morgan fingerprint density at radius 1 is 1.06 bits per heavy atom. The van der Waals surface area contributed by atoms with E-state index in [0.29, 0.717) is 43.2 Å². The molecule has 12 heteroatoms. The molecule has 0 unspecified atom stereocenters. The third kappa shape index (κ3) is 3.71. The van der Waals surface area contributed by atoms with Gasteiger partial charge in [-0.2, -0.15) is 18.3 Å². The first-order valence-electron chi connectivity index (χ1n) is 10.2. The summed E-state index contributed by atoms with van der Waals surface area (Å²) in [5.41, 5.74) is -0.00464. The van der Waals surface area contributed by atoms with Crippen LogP contribution in [0, 0.1) is 5.41 Å². The number of hydrogen-bond donors (Lipinski definition) is 0. The lowest BCUT2D eigenvalue weighted by atomic mass is 9.73. The van der Waals surface area contributed by atoms with Crippen LogP contribution in [-0.2, 0) is 12.7 Å². The van der Waals surface area contributed by atoms with E-state index in [-0.39, 0.29) is 11.1 Å². The van der Waals surface area contributed by atoms with Crippen LogP contribution in [0.2, 0.25) is 0 Å². The summed E-state index contributed by atoms with van der Waals surface area (Å²) < 4.78 is 67.0. The monoisotopic (exact) mass is 453 g/mol. The van der Waals surface area contributed by atoms with E-state index < -0.39 is 24.7 Å². The number of anilines is 2. The fraction of sp³-hybridized carbons (Fsp3) is 0.500. The average Bonchev–Trinajstić information content (AvgIpc) is 3.13. The molecular weight excluding hydrogens is 433 g/mol. The van der Waals surface area contributed by atoms with E-state index in [1.807, 2.05) is 4.90 Å². The van der Waals surface area contributed by atoms with Gasteiger partial charge < -0.3 is 9.80 Å². The van der Waals surface area contributed by atoms with Gasteiger partial charge in [0.05, 0.1) is 23.6 Å². The Hall–Kier alpha value is -3.05. The van der Waals surface area contributed by atoms with E-state index in [9.17, 15) is 22.0 Å². The summed E-state index contributed by atoms with van der Waals surface area (Å²) in [5.74, 6) is 0.552. The topological polar surface area (TPSA) is 63.0 Å². The van der Waals surface area contributed by atoms with Crippen molar-refractivity contribution in [1.82, 2.24) is 24.7 Å². The number of pyridine rings is 1. The second-order valence-electron chi connectivity index (χ2n) is 8.43. The molecule has 0 atom stereocenters. The molecule has 3 aromatic rings. The minimum atomic E-state index is -4.47. The molecule has 5 rings (SSSR count). The van der Waals surface area contributed by atoms with Gasteiger partial charge in [-0.05, 0) is 18.9 Å². The molecule has 1 spiro atoms. The number of nitrogens with zero attached hydrogens (tertiary/aromatic N) is 7. The van der Waals surface area contributed by atoms with Crippen LogP contribution in [0.3, 0.4) is 0 Å². The predicted molar refractivity (Wildman–Crippen MR) is 107 cm³/mol. The van der Waals surface area contributed by atoms with Crippen LogP contribution in [0.4, 0.5) is 33.5 Å². The van der Waals surface area contributed by atoms with Crippen LogP contribution in [0.25, 0.3) is 11.2 Å². The van der Waals surface area contributed by atoms with Gasteiger partial charge in [0.25, 0.3) is 6.43 Å². The highest BCUT2D eigenvalue weighted by Crippen LogP contribution is 2.44. The van der Waals surface area contributed by atoms with Gasteiger partial charge in [0.2, 0.25) is 0 Å². The maximum absolute atomic E-state index is 13.4. The van der Waals surface area contributed by atoms with E-state index in [1.165, 1.54) is 18.5 Å². The van der Waals surface area contributed by atoms with Crippen molar-refractivity contribution < 1.29 is 22.0 Å². The number of halogens is 5. The molecule has 2 fully saturated rings. The van der Waals surface area contributed by atoms with Crippen molar-refractivity contribution in [2.24, 2.45) is 5.41 Å².